The molecule has 1 aliphatic rings. The van der Waals surface area contributed by atoms with Crippen LogP contribution in [0.5, 0.6) is 0 Å². The zero-order valence-corrected chi connectivity index (χ0v) is 20.6. The van der Waals surface area contributed by atoms with Crippen molar-refractivity contribution in [3.8, 4) is 0 Å². The van der Waals surface area contributed by atoms with E-state index < -0.39 is 14.1 Å². The van der Waals surface area contributed by atoms with Gasteiger partial charge in [0.15, 0.2) is 0 Å². The number of allylic oxidation sites excluding steroid dienone is 1. The van der Waals surface area contributed by atoms with Gasteiger partial charge in [-0.2, -0.15) is 0 Å². The first-order valence-electron chi connectivity index (χ1n) is 12.7. The molecule has 1 aliphatic carbocycles. The molecule has 0 radical (unpaired) electrons. The highest BCUT2D eigenvalue weighted by Gasteiger charge is 2.33. The Morgan fingerprint density at radius 1 is 0.633 bits per heavy atom. The molecule has 0 saturated heterocycles. The lowest BCUT2D eigenvalue weighted by molar-refractivity contribution is 0.643. The highest BCUT2D eigenvalue weighted by atomic mass is 27.2. The van der Waals surface area contributed by atoms with Crippen LogP contribution in [0.1, 0.15) is 99.5 Å². The van der Waals surface area contributed by atoms with Crippen LogP contribution in [-0.4, -0.2) is 14.1 Å². The lowest BCUT2D eigenvalue weighted by atomic mass is 9.99. The summed E-state index contributed by atoms with van der Waals surface area (Å²) in [5.74, 6) is 0. The van der Waals surface area contributed by atoms with Crippen molar-refractivity contribution >= 4 is 19.7 Å². The molecule has 0 nitrogen and oxygen atoms in total. The quantitative estimate of drug-likeness (QED) is 0.213. The monoisotopic (exact) mass is 416 g/mol. The SMILES string of the molecule is CCCCCC[CH2][Al]([CH2]CCCCCC)[CH]1C=C(c2ccccc2)c2ccccc21. The van der Waals surface area contributed by atoms with Gasteiger partial charge in [0.25, 0.3) is 14.1 Å². The second kappa shape index (κ2) is 13.2. The molecule has 0 bridgehead atoms. The molecule has 0 fully saturated rings. The fourth-order valence-corrected chi connectivity index (χ4v) is 9.07. The number of hydrogen-bond donors (Lipinski definition) is 0. The van der Waals surface area contributed by atoms with E-state index in [1.807, 2.05) is 0 Å². The van der Waals surface area contributed by atoms with E-state index >= 15 is 0 Å². The molecule has 0 amide bonds. The summed E-state index contributed by atoms with van der Waals surface area (Å²) >= 11 is -0.865. The molecule has 2 aromatic rings. The van der Waals surface area contributed by atoms with Crippen LogP contribution in [0.4, 0.5) is 0 Å². The molecule has 1 atom stereocenters. The summed E-state index contributed by atoms with van der Waals surface area (Å²) in [5, 5.41) is 3.05. The van der Waals surface area contributed by atoms with Crippen molar-refractivity contribution in [2.45, 2.75) is 93.4 Å². The van der Waals surface area contributed by atoms with Crippen LogP contribution in [0.3, 0.4) is 0 Å². The van der Waals surface area contributed by atoms with Crippen molar-refractivity contribution < 1.29 is 0 Å². The Balaban J connectivity index is 1.75. The summed E-state index contributed by atoms with van der Waals surface area (Å²) in [7, 11) is 0. The van der Waals surface area contributed by atoms with Crippen LogP contribution < -0.4 is 0 Å². The topological polar surface area (TPSA) is 0 Å². The first-order valence-corrected chi connectivity index (χ1v) is 15.0. The Kier molecular flexibility index (Phi) is 10.3. The first-order chi connectivity index (χ1) is 14.8. The maximum Gasteiger partial charge on any atom is 0.277 e. The Hall–Kier alpha value is -1.29. The molecule has 0 aliphatic heterocycles. The van der Waals surface area contributed by atoms with Crippen molar-refractivity contribution in [2.75, 3.05) is 0 Å². The van der Waals surface area contributed by atoms with E-state index in [-0.39, 0.29) is 0 Å². The lowest BCUT2D eigenvalue weighted by Gasteiger charge is -2.19. The Morgan fingerprint density at radius 3 is 1.83 bits per heavy atom. The fraction of sp³-hybridized carbons (Fsp3) is 0.517. The van der Waals surface area contributed by atoms with Gasteiger partial charge in [-0.05, 0) is 27.0 Å². The van der Waals surface area contributed by atoms with Crippen molar-refractivity contribution in [3.63, 3.8) is 0 Å². The highest BCUT2D eigenvalue weighted by molar-refractivity contribution is 6.61. The van der Waals surface area contributed by atoms with Gasteiger partial charge in [-0.15, -0.1) is 0 Å². The number of fused-ring (bicyclic) bond motifs is 1. The Bertz CT molecular complexity index is 747. The minimum absolute atomic E-state index is 0.730. The van der Waals surface area contributed by atoms with Gasteiger partial charge < -0.3 is 0 Å². The van der Waals surface area contributed by atoms with Gasteiger partial charge in [0, 0.05) is 0 Å². The number of benzene rings is 2. The Labute approximate surface area is 190 Å². The third-order valence-corrected chi connectivity index (χ3v) is 10.8. The summed E-state index contributed by atoms with van der Waals surface area (Å²) in [6, 6.07) is 20.4. The molecular weight excluding hydrogens is 375 g/mol. The van der Waals surface area contributed by atoms with Gasteiger partial charge in [-0.3, -0.25) is 0 Å². The summed E-state index contributed by atoms with van der Waals surface area (Å²) in [6.45, 7) is 4.64. The van der Waals surface area contributed by atoms with Crippen LogP contribution >= 0.6 is 0 Å². The van der Waals surface area contributed by atoms with Crippen LogP contribution in [0.15, 0.2) is 60.7 Å². The molecule has 2 aromatic carbocycles. The summed E-state index contributed by atoms with van der Waals surface area (Å²) in [6.07, 6.45) is 16.8. The van der Waals surface area contributed by atoms with Crippen molar-refractivity contribution in [1.29, 1.82) is 0 Å². The molecule has 1 unspecified atom stereocenters. The zero-order chi connectivity index (χ0) is 21.0. The second-order valence-corrected chi connectivity index (χ2v) is 12.6. The average Bonchev–Trinajstić information content (AvgIpc) is 3.18. The van der Waals surface area contributed by atoms with Crippen LogP contribution in [0.25, 0.3) is 5.57 Å². The fourth-order valence-electron chi connectivity index (χ4n) is 5.18. The summed E-state index contributed by atoms with van der Waals surface area (Å²) in [4.78, 5) is 0. The lowest BCUT2D eigenvalue weighted by Crippen LogP contribution is -2.21. The minimum Gasteiger partial charge on any atom is -0.0932 e. The molecule has 30 heavy (non-hydrogen) atoms. The van der Waals surface area contributed by atoms with Gasteiger partial charge in [0.1, 0.15) is 0 Å². The molecular formula is C29H41Al. The van der Waals surface area contributed by atoms with E-state index in [4.69, 9.17) is 0 Å². The van der Waals surface area contributed by atoms with E-state index in [9.17, 15) is 0 Å². The van der Waals surface area contributed by atoms with Crippen LogP contribution in [0.2, 0.25) is 10.6 Å². The molecule has 3 rings (SSSR count). The normalized spacial score (nSPS) is 15.1. The molecule has 0 heterocycles. The molecule has 1 heteroatoms. The van der Waals surface area contributed by atoms with Gasteiger partial charge in [0.2, 0.25) is 0 Å². The maximum absolute atomic E-state index is 2.68. The molecule has 0 N–H and O–H groups in total. The molecule has 0 aromatic heterocycles. The predicted molar refractivity (Wildman–Crippen MR) is 136 cm³/mol. The van der Waals surface area contributed by atoms with Crippen molar-refractivity contribution in [2.24, 2.45) is 0 Å². The van der Waals surface area contributed by atoms with E-state index in [2.05, 4.69) is 74.5 Å². The highest BCUT2D eigenvalue weighted by Crippen LogP contribution is 2.42. The Morgan fingerprint density at radius 2 is 1.20 bits per heavy atom. The summed E-state index contributed by atoms with van der Waals surface area (Å²) in [5.41, 5.74) is 6.02. The number of rotatable bonds is 14. The smallest absolute Gasteiger partial charge is 0.0932 e. The van der Waals surface area contributed by atoms with Gasteiger partial charge in [-0.1, -0.05) is 149 Å². The largest absolute Gasteiger partial charge is 0.277 e. The molecule has 0 saturated carbocycles. The number of hydrogen-bond acceptors (Lipinski definition) is 0. The van der Waals surface area contributed by atoms with E-state index in [1.165, 1.54) is 91.5 Å². The second-order valence-electron chi connectivity index (χ2n) is 9.23. The van der Waals surface area contributed by atoms with E-state index in [1.54, 1.807) is 5.56 Å². The average molecular weight is 417 g/mol. The standard InChI is InChI=1S/C15H11.2C7H15.Al/c1-2-6-12(7-3-1)15-11-10-13-8-4-5-9-14(13)15;2*1-3-5-7-6-4-2;/h1-11H;2*1,3-7H2,2H3;. The van der Waals surface area contributed by atoms with Crippen LogP contribution in [-0.2, 0) is 0 Å². The zero-order valence-electron chi connectivity index (χ0n) is 19.4. The first kappa shape index (κ1) is 23.4. The van der Waals surface area contributed by atoms with Crippen molar-refractivity contribution in [1.82, 2.24) is 0 Å². The van der Waals surface area contributed by atoms with E-state index in [0.29, 0.717) is 0 Å². The molecule has 160 valence electrons. The molecule has 0 spiro atoms. The van der Waals surface area contributed by atoms with Gasteiger partial charge >= 0.3 is 0 Å². The predicted octanol–water partition coefficient (Wildman–Crippen LogP) is 9.19. The minimum atomic E-state index is -0.865. The van der Waals surface area contributed by atoms with E-state index in [0.717, 1.165) is 4.78 Å². The number of unbranched alkanes of at least 4 members (excludes halogenated alkanes) is 8. The maximum atomic E-state index is 2.68. The van der Waals surface area contributed by atoms with Crippen LogP contribution in [0, 0.1) is 0 Å². The van der Waals surface area contributed by atoms with Crippen molar-refractivity contribution in [3.05, 3.63) is 77.4 Å². The van der Waals surface area contributed by atoms with Gasteiger partial charge in [0.05, 0.1) is 0 Å². The van der Waals surface area contributed by atoms with Gasteiger partial charge in [-0.25, -0.2) is 0 Å². The summed E-state index contributed by atoms with van der Waals surface area (Å²) < 4.78 is 0.730. The third kappa shape index (κ3) is 6.60. The third-order valence-electron chi connectivity index (χ3n) is 6.91.